The number of rotatable bonds is 15. The molecule has 0 spiro atoms. The Labute approximate surface area is 402 Å². The van der Waals surface area contributed by atoms with Crippen LogP contribution in [0.4, 0.5) is 4.79 Å². The Morgan fingerprint density at radius 2 is 0.986 bits per heavy atom. The zero-order valence-electron chi connectivity index (χ0n) is 39.4. The molecule has 1 saturated heterocycles. The number of ether oxygens (including phenoxy) is 4. The van der Waals surface area contributed by atoms with E-state index < -0.39 is 74.1 Å². The van der Waals surface area contributed by atoms with E-state index >= 15 is 0 Å². The molecule has 0 amide bonds. The van der Waals surface area contributed by atoms with E-state index in [1.165, 1.54) is 27.0 Å². The third-order valence-corrected chi connectivity index (χ3v) is 13.7. The van der Waals surface area contributed by atoms with Crippen molar-refractivity contribution in [1.29, 1.82) is 0 Å². The van der Waals surface area contributed by atoms with Gasteiger partial charge in [0, 0.05) is 11.8 Å². The Kier molecular flexibility index (Phi) is 14.2. The smallest absolute Gasteiger partial charge is 0.425 e. The normalized spacial score (nSPS) is 17.7. The first-order chi connectivity index (χ1) is 33.1. The van der Waals surface area contributed by atoms with Crippen molar-refractivity contribution in [2.45, 2.75) is 88.1 Å². The molecular weight excluding hydrogens is 893 g/mol. The molecule has 1 aliphatic heterocycles. The SMILES string of the molecule is Cc1cn([C@@H]2O[C@H](COC(c3ccccc3)(c3ccccc3)c3ccccc3)[C@@H](OC(c3ccccc3)(c3ccccc3)c3ccccc3)[C@@H]2OS(=O)(=O)C(C)C)c(=O)n(C(=O)OC(C)(C)C)c1=O. The lowest BCUT2D eigenvalue weighted by Gasteiger charge is -2.41. The summed E-state index contributed by atoms with van der Waals surface area (Å²) in [6.45, 7) is 8.93. The number of aryl methyl sites for hydroxylation is 1. The maximum atomic E-state index is 14.8. The quantitative estimate of drug-likeness (QED) is 0.0721. The molecule has 0 aliphatic carbocycles. The van der Waals surface area contributed by atoms with E-state index in [1.54, 1.807) is 20.8 Å². The van der Waals surface area contributed by atoms with Gasteiger partial charge in [0.05, 0.1) is 11.9 Å². The lowest BCUT2D eigenvalue weighted by Crippen LogP contribution is -2.50. The largest absolute Gasteiger partial charge is 0.443 e. The number of carbonyl (C=O) groups excluding carboxylic acids is 1. The standard InChI is InChI=1S/C56H56N2O10S/c1-39(2)69(62,63)68-49-48(66-56(44-31-19-10-20-32-44,45-33-21-11-22-34-45)46-35-23-12-24-36-46)47(65-51(49)57-37-40(3)50(59)58(52(57)60)53(61)67-54(4,5)6)38-64-55(41-25-13-7-14-26-41,42-27-15-8-16-28-42)43-29-17-9-18-30-43/h7-37,39,47-49,51H,38H2,1-6H3/t47-,48-,49+,51-/m1/s1. The highest BCUT2D eigenvalue weighted by Gasteiger charge is 2.55. The number of hydrogen-bond acceptors (Lipinski definition) is 10. The van der Waals surface area contributed by atoms with E-state index in [-0.39, 0.29) is 12.2 Å². The average molecular weight is 949 g/mol. The van der Waals surface area contributed by atoms with E-state index in [2.05, 4.69) is 0 Å². The summed E-state index contributed by atoms with van der Waals surface area (Å²) in [5.41, 5.74) is -1.53. The second kappa shape index (κ2) is 20.1. The highest BCUT2D eigenvalue weighted by atomic mass is 32.2. The molecular formula is C56H56N2O10S. The predicted octanol–water partition coefficient (Wildman–Crippen LogP) is 9.51. The molecule has 0 unspecified atom stereocenters. The number of benzene rings is 6. The second-order valence-electron chi connectivity index (χ2n) is 18.2. The van der Waals surface area contributed by atoms with Gasteiger partial charge in [0.25, 0.3) is 15.7 Å². The molecule has 12 nitrogen and oxygen atoms in total. The average Bonchev–Trinajstić information content (AvgIpc) is 3.67. The van der Waals surface area contributed by atoms with Gasteiger partial charge in [0.15, 0.2) is 12.3 Å². The molecule has 1 aliphatic rings. The Hall–Kier alpha value is -6.74. The number of hydrogen-bond donors (Lipinski definition) is 0. The molecule has 69 heavy (non-hydrogen) atoms. The lowest BCUT2D eigenvalue weighted by molar-refractivity contribution is -0.130. The maximum Gasteiger partial charge on any atom is 0.425 e. The molecule has 2 heterocycles. The molecule has 0 bridgehead atoms. The second-order valence-corrected chi connectivity index (χ2v) is 20.4. The monoisotopic (exact) mass is 948 g/mol. The first-order valence-corrected chi connectivity index (χ1v) is 24.3. The molecule has 4 atom stereocenters. The first kappa shape index (κ1) is 48.7. The van der Waals surface area contributed by atoms with Gasteiger partial charge in [-0.1, -0.05) is 182 Å². The molecule has 0 radical (unpaired) electrons. The van der Waals surface area contributed by atoms with E-state index in [0.29, 0.717) is 21.3 Å². The van der Waals surface area contributed by atoms with Crippen molar-refractivity contribution in [2.75, 3.05) is 6.61 Å². The zero-order valence-corrected chi connectivity index (χ0v) is 40.2. The number of carbonyl (C=O) groups is 1. The number of aromatic nitrogens is 2. The summed E-state index contributed by atoms with van der Waals surface area (Å²) in [5, 5.41) is -1.06. The topological polar surface area (TPSA) is 141 Å². The van der Waals surface area contributed by atoms with Crippen molar-refractivity contribution in [3.8, 4) is 0 Å². The van der Waals surface area contributed by atoms with Gasteiger partial charge in [-0.25, -0.2) is 9.59 Å². The van der Waals surface area contributed by atoms with Gasteiger partial charge < -0.3 is 18.9 Å². The minimum absolute atomic E-state index is 0.0323. The van der Waals surface area contributed by atoms with Crippen molar-refractivity contribution in [3.05, 3.63) is 248 Å². The van der Waals surface area contributed by atoms with Gasteiger partial charge in [-0.3, -0.25) is 13.5 Å². The van der Waals surface area contributed by atoms with Crippen molar-refractivity contribution in [2.24, 2.45) is 0 Å². The summed E-state index contributed by atoms with van der Waals surface area (Å²) >= 11 is 0. The zero-order chi connectivity index (χ0) is 49.0. The summed E-state index contributed by atoms with van der Waals surface area (Å²) in [5.74, 6) is 0. The molecule has 6 aromatic carbocycles. The Morgan fingerprint density at radius 1 is 0.609 bits per heavy atom. The fourth-order valence-corrected chi connectivity index (χ4v) is 9.56. The van der Waals surface area contributed by atoms with Gasteiger partial charge in [-0.2, -0.15) is 13.0 Å². The van der Waals surface area contributed by atoms with Crippen molar-refractivity contribution >= 4 is 16.2 Å². The lowest BCUT2D eigenvalue weighted by atomic mass is 9.79. The van der Waals surface area contributed by atoms with Gasteiger partial charge in [0.2, 0.25) is 0 Å². The van der Waals surface area contributed by atoms with Gasteiger partial charge >= 0.3 is 11.8 Å². The third-order valence-electron chi connectivity index (χ3n) is 12.1. The van der Waals surface area contributed by atoms with Crippen LogP contribution in [0.15, 0.2) is 198 Å². The maximum absolute atomic E-state index is 14.8. The molecule has 7 aromatic rings. The predicted molar refractivity (Wildman–Crippen MR) is 263 cm³/mol. The Morgan fingerprint density at radius 3 is 1.35 bits per heavy atom. The fraction of sp³-hybridized carbons (Fsp3) is 0.268. The molecule has 0 saturated carbocycles. The van der Waals surface area contributed by atoms with Gasteiger partial charge in [-0.15, -0.1) is 0 Å². The van der Waals surface area contributed by atoms with E-state index in [1.807, 2.05) is 182 Å². The van der Waals surface area contributed by atoms with Crippen LogP contribution in [0.1, 0.15) is 79.8 Å². The first-order valence-electron chi connectivity index (χ1n) is 22.9. The summed E-state index contributed by atoms with van der Waals surface area (Å²) in [6.07, 6.45) is -5.90. The van der Waals surface area contributed by atoms with Crippen LogP contribution in [0.2, 0.25) is 0 Å². The molecule has 8 rings (SSSR count). The molecule has 1 fully saturated rings. The van der Waals surface area contributed by atoms with Crippen molar-refractivity contribution in [3.63, 3.8) is 0 Å². The summed E-state index contributed by atoms with van der Waals surface area (Å²) in [4.78, 5) is 42.3. The van der Waals surface area contributed by atoms with Crippen LogP contribution in [0.25, 0.3) is 0 Å². The van der Waals surface area contributed by atoms with Crippen LogP contribution in [0, 0.1) is 6.92 Å². The summed E-state index contributed by atoms with van der Waals surface area (Å²) < 4.78 is 64.0. The summed E-state index contributed by atoms with van der Waals surface area (Å²) in [7, 11) is -4.46. The van der Waals surface area contributed by atoms with Gasteiger partial charge in [0.1, 0.15) is 29.0 Å². The highest BCUT2D eigenvalue weighted by Crippen LogP contribution is 2.47. The minimum atomic E-state index is -4.46. The van der Waals surface area contributed by atoms with Crippen LogP contribution in [-0.2, 0) is 44.5 Å². The van der Waals surface area contributed by atoms with Crippen LogP contribution in [-0.4, -0.2) is 59.4 Å². The Bertz CT molecular complexity index is 2880. The van der Waals surface area contributed by atoms with Crippen LogP contribution in [0.5, 0.6) is 0 Å². The molecule has 13 heteroatoms. The third kappa shape index (κ3) is 9.79. The van der Waals surface area contributed by atoms with E-state index in [9.17, 15) is 22.8 Å². The van der Waals surface area contributed by atoms with Crippen LogP contribution < -0.4 is 11.2 Å². The van der Waals surface area contributed by atoms with Crippen molar-refractivity contribution < 1.29 is 36.3 Å². The summed E-state index contributed by atoms with van der Waals surface area (Å²) in [6, 6.07) is 57.7. The van der Waals surface area contributed by atoms with E-state index in [0.717, 1.165) is 21.3 Å². The Balaban J connectivity index is 1.40. The van der Waals surface area contributed by atoms with E-state index in [4.69, 9.17) is 23.1 Å². The van der Waals surface area contributed by atoms with Crippen molar-refractivity contribution in [1.82, 2.24) is 9.13 Å². The van der Waals surface area contributed by atoms with Crippen LogP contribution >= 0.6 is 0 Å². The fourth-order valence-electron chi connectivity index (χ4n) is 8.83. The number of nitrogens with zero attached hydrogens (tertiary/aromatic N) is 2. The molecule has 0 N–H and O–H groups in total. The highest BCUT2D eigenvalue weighted by molar-refractivity contribution is 7.87. The molecule has 356 valence electrons. The molecule has 1 aromatic heterocycles. The minimum Gasteiger partial charge on any atom is -0.443 e. The van der Waals surface area contributed by atoms with Crippen LogP contribution in [0.3, 0.4) is 0 Å². The van der Waals surface area contributed by atoms with Gasteiger partial charge in [-0.05, 0) is 74.9 Å².